The number of sulfonamides is 1. The van der Waals surface area contributed by atoms with E-state index >= 15 is 0 Å². The molecule has 1 atom stereocenters. The van der Waals surface area contributed by atoms with Crippen molar-refractivity contribution in [3.63, 3.8) is 0 Å². The van der Waals surface area contributed by atoms with Crippen molar-refractivity contribution in [2.24, 2.45) is 5.92 Å². The number of nitrogens with one attached hydrogen (secondary N) is 1. The van der Waals surface area contributed by atoms with Gasteiger partial charge in [-0.15, -0.1) is 0 Å². The molecule has 1 aliphatic rings. The van der Waals surface area contributed by atoms with Crippen LogP contribution in [0.2, 0.25) is 0 Å². The maximum absolute atomic E-state index is 12.8. The van der Waals surface area contributed by atoms with Crippen LogP contribution in [0, 0.1) is 16.0 Å². The Morgan fingerprint density at radius 2 is 2.00 bits per heavy atom. The van der Waals surface area contributed by atoms with Gasteiger partial charge in [0.25, 0.3) is 5.69 Å². The summed E-state index contributed by atoms with van der Waals surface area (Å²) >= 11 is 0. The largest absolute Gasteiger partial charge is 0.464 e. The van der Waals surface area contributed by atoms with Gasteiger partial charge >= 0.3 is 5.97 Å². The summed E-state index contributed by atoms with van der Waals surface area (Å²) in [6.07, 6.45) is 1.60. The van der Waals surface area contributed by atoms with E-state index in [1.165, 1.54) is 16.4 Å². The Hall–Kier alpha value is -2.24. The number of carbonyl (C=O) groups excluding carboxylic acids is 1. The average Bonchev–Trinajstić information content (AvgIpc) is 2.72. The van der Waals surface area contributed by atoms with Gasteiger partial charge in [-0.3, -0.25) is 10.1 Å². The van der Waals surface area contributed by atoms with Crippen LogP contribution in [0.25, 0.3) is 0 Å². The molecule has 10 nitrogen and oxygen atoms in total. The van der Waals surface area contributed by atoms with E-state index in [-0.39, 0.29) is 49.4 Å². The Bertz CT molecular complexity index is 852. The summed E-state index contributed by atoms with van der Waals surface area (Å²) in [6.45, 7) is 6.77. The van der Waals surface area contributed by atoms with E-state index in [2.05, 4.69) is 5.32 Å². The molecule has 0 saturated carbocycles. The highest BCUT2D eigenvalue weighted by atomic mass is 32.2. The van der Waals surface area contributed by atoms with Crippen molar-refractivity contribution < 1.29 is 27.6 Å². The standard InChI is InChI=1S/C19H29N3O7S/c1-4-5-10-29-19(23)18(14(2)3)20-16-7-6-15(13-17(16)22(24)25)30(26,27)21-8-11-28-12-9-21/h6-7,13-14,18,20H,4-5,8-12H2,1-3H3/t18-/m0/s1. The predicted octanol–water partition coefficient (Wildman–Crippen LogP) is 2.40. The van der Waals surface area contributed by atoms with Crippen molar-refractivity contribution in [1.29, 1.82) is 0 Å². The third-order valence-electron chi connectivity index (χ3n) is 4.75. The zero-order valence-electron chi connectivity index (χ0n) is 17.5. The van der Waals surface area contributed by atoms with Crippen LogP contribution in [0.1, 0.15) is 33.6 Å². The number of unbranched alkanes of at least 4 members (excludes halogenated alkanes) is 1. The van der Waals surface area contributed by atoms with E-state index in [4.69, 9.17) is 9.47 Å². The Morgan fingerprint density at radius 3 is 2.57 bits per heavy atom. The van der Waals surface area contributed by atoms with E-state index in [0.29, 0.717) is 0 Å². The van der Waals surface area contributed by atoms with Gasteiger partial charge in [0, 0.05) is 19.2 Å². The first-order valence-corrected chi connectivity index (χ1v) is 11.4. The molecule has 168 valence electrons. The van der Waals surface area contributed by atoms with Crippen LogP contribution in [0.15, 0.2) is 23.1 Å². The van der Waals surface area contributed by atoms with Crippen molar-refractivity contribution >= 4 is 27.4 Å². The third-order valence-corrected chi connectivity index (χ3v) is 6.64. The van der Waals surface area contributed by atoms with Crippen LogP contribution < -0.4 is 5.32 Å². The summed E-state index contributed by atoms with van der Waals surface area (Å²) in [5.74, 6) is -0.701. The minimum Gasteiger partial charge on any atom is -0.464 e. The van der Waals surface area contributed by atoms with Crippen LogP contribution in [-0.2, 0) is 24.3 Å². The summed E-state index contributed by atoms with van der Waals surface area (Å²) in [5, 5.41) is 14.5. The highest BCUT2D eigenvalue weighted by molar-refractivity contribution is 7.89. The van der Waals surface area contributed by atoms with Crippen LogP contribution in [-0.4, -0.2) is 62.6 Å². The minimum absolute atomic E-state index is 0.0621. The topological polar surface area (TPSA) is 128 Å². The van der Waals surface area contributed by atoms with E-state index in [9.17, 15) is 23.3 Å². The van der Waals surface area contributed by atoms with Crippen LogP contribution in [0.4, 0.5) is 11.4 Å². The van der Waals surface area contributed by atoms with Gasteiger partial charge in [-0.1, -0.05) is 27.2 Å². The number of rotatable bonds is 10. The van der Waals surface area contributed by atoms with Gasteiger partial charge in [0.1, 0.15) is 11.7 Å². The van der Waals surface area contributed by atoms with Gasteiger partial charge in [-0.25, -0.2) is 13.2 Å². The number of ether oxygens (including phenoxy) is 2. The Kier molecular flexibility index (Phi) is 8.56. The molecule has 1 N–H and O–H groups in total. The molecule has 0 aromatic heterocycles. The van der Waals surface area contributed by atoms with Gasteiger partial charge in [0.05, 0.1) is 29.6 Å². The number of benzene rings is 1. The SMILES string of the molecule is CCCCOC(=O)[C@@H](Nc1ccc(S(=O)(=O)N2CCOCC2)cc1[N+](=O)[O-])C(C)C. The zero-order chi connectivity index (χ0) is 22.3. The molecule has 1 aromatic rings. The number of hydrogen-bond donors (Lipinski definition) is 1. The lowest BCUT2D eigenvalue weighted by Gasteiger charge is -2.26. The van der Waals surface area contributed by atoms with E-state index in [1.807, 2.05) is 6.92 Å². The second kappa shape index (κ2) is 10.7. The fourth-order valence-corrected chi connectivity index (χ4v) is 4.38. The second-order valence-corrected chi connectivity index (χ2v) is 9.28. The zero-order valence-corrected chi connectivity index (χ0v) is 18.3. The van der Waals surface area contributed by atoms with Crippen molar-refractivity contribution in [2.75, 3.05) is 38.2 Å². The number of hydrogen-bond acceptors (Lipinski definition) is 8. The number of anilines is 1. The molecule has 1 aromatic carbocycles. The molecule has 2 rings (SSSR count). The molecule has 0 bridgehead atoms. The van der Waals surface area contributed by atoms with E-state index in [0.717, 1.165) is 18.9 Å². The molecular weight excluding hydrogens is 414 g/mol. The second-order valence-electron chi connectivity index (χ2n) is 7.34. The van der Waals surface area contributed by atoms with Crippen LogP contribution >= 0.6 is 0 Å². The van der Waals surface area contributed by atoms with Gasteiger partial charge in [-0.05, 0) is 24.5 Å². The molecule has 0 spiro atoms. The van der Waals surface area contributed by atoms with Crippen molar-refractivity contribution in [3.05, 3.63) is 28.3 Å². The summed E-state index contributed by atoms with van der Waals surface area (Å²) in [6, 6.07) is 2.84. The molecule has 1 aliphatic heterocycles. The molecule has 1 fully saturated rings. The maximum Gasteiger partial charge on any atom is 0.328 e. The first-order valence-electron chi connectivity index (χ1n) is 9.98. The number of nitrogens with zero attached hydrogens (tertiary/aromatic N) is 2. The van der Waals surface area contributed by atoms with Crippen molar-refractivity contribution in [1.82, 2.24) is 4.31 Å². The average molecular weight is 444 g/mol. The minimum atomic E-state index is -3.88. The lowest BCUT2D eigenvalue weighted by atomic mass is 10.0. The summed E-state index contributed by atoms with van der Waals surface area (Å²) in [7, 11) is -3.88. The van der Waals surface area contributed by atoms with Crippen molar-refractivity contribution in [2.45, 2.75) is 44.6 Å². The normalized spacial score (nSPS) is 16.3. The fraction of sp³-hybridized carbons (Fsp3) is 0.632. The Labute approximate surface area is 176 Å². The molecule has 30 heavy (non-hydrogen) atoms. The molecule has 1 saturated heterocycles. The monoisotopic (exact) mass is 443 g/mol. The Morgan fingerprint density at radius 1 is 1.33 bits per heavy atom. The van der Waals surface area contributed by atoms with Gasteiger partial charge in [-0.2, -0.15) is 4.31 Å². The highest BCUT2D eigenvalue weighted by Gasteiger charge is 2.31. The van der Waals surface area contributed by atoms with Gasteiger partial charge in [0.2, 0.25) is 10.0 Å². The summed E-state index contributed by atoms with van der Waals surface area (Å²) in [4.78, 5) is 23.2. The van der Waals surface area contributed by atoms with Crippen LogP contribution in [0.3, 0.4) is 0 Å². The number of esters is 1. The van der Waals surface area contributed by atoms with E-state index in [1.54, 1.807) is 13.8 Å². The third kappa shape index (κ3) is 5.89. The fourth-order valence-electron chi connectivity index (χ4n) is 2.95. The number of nitro groups is 1. The number of nitro benzene ring substituents is 1. The molecular formula is C19H29N3O7S. The maximum atomic E-state index is 12.8. The smallest absolute Gasteiger partial charge is 0.328 e. The first-order chi connectivity index (χ1) is 14.2. The quantitative estimate of drug-likeness (QED) is 0.253. The van der Waals surface area contributed by atoms with Crippen LogP contribution in [0.5, 0.6) is 0 Å². The molecule has 1 heterocycles. The number of carbonyl (C=O) groups is 1. The van der Waals surface area contributed by atoms with Gasteiger partial charge in [0.15, 0.2) is 0 Å². The highest BCUT2D eigenvalue weighted by Crippen LogP contribution is 2.30. The molecule has 0 radical (unpaired) electrons. The summed E-state index contributed by atoms with van der Waals surface area (Å²) < 4.78 is 37.3. The molecule has 0 unspecified atom stereocenters. The number of morpholine rings is 1. The predicted molar refractivity (Wildman–Crippen MR) is 111 cm³/mol. The lowest BCUT2D eigenvalue weighted by molar-refractivity contribution is -0.384. The summed E-state index contributed by atoms with van der Waals surface area (Å²) in [5.41, 5.74) is -0.358. The molecule has 0 amide bonds. The first kappa shape index (κ1) is 24.0. The molecule has 0 aliphatic carbocycles. The Balaban J connectivity index is 2.29. The van der Waals surface area contributed by atoms with Crippen molar-refractivity contribution in [3.8, 4) is 0 Å². The van der Waals surface area contributed by atoms with Gasteiger partial charge < -0.3 is 14.8 Å². The lowest BCUT2D eigenvalue weighted by Crippen LogP contribution is -2.40. The molecule has 11 heteroatoms. The van der Waals surface area contributed by atoms with E-state index < -0.39 is 32.6 Å².